The average molecular weight is 135 g/mol. The molecule has 0 radical (unpaired) electrons. The van der Waals surface area contributed by atoms with Gasteiger partial charge in [0.1, 0.15) is 12.2 Å². The van der Waals surface area contributed by atoms with Crippen LogP contribution in [0, 0.1) is 5.92 Å². The van der Waals surface area contributed by atoms with Crippen molar-refractivity contribution in [1.29, 1.82) is 0 Å². The molecule has 0 N–H and O–H groups in total. The number of hydrogen-bond donors (Lipinski definition) is 0. The maximum atomic E-state index is 4.01. The number of amidine groups is 1. The van der Waals surface area contributed by atoms with Gasteiger partial charge in [0.2, 0.25) is 0 Å². The fraction of sp³-hybridized carbons (Fsp3) is 0.429. The molecule has 0 spiro atoms. The highest BCUT2D eigenvalue weighted by molar-refractivity contribution is 5.93. The summed E-state index contributed by atoms with van der Waals surface area (Å²) in [7, 11) is 0. The Kier molecular flexibility index (Phi) is 2.13. The monoisotopic (exact) mass is 135 g/mol. The molecule has 0 amide bonds. The highest BCUT2D eigenvalue weighted by Gasteiger charge is 2.00. The Morgan fingerprint density at radius 1 is 1.50 bits per heavy atom. The van der Waals surface area contributed by atoms with Gasteiger partial charge in [0.15, 0.2) is 0 Å². The van der Waals surface area contributed by atoms with Crippen molar-refractivity contribution < 1.29 is 0 Å². The summed E-state index contributed by atoms with van der Waals surface area (Å²) in [5.74, 6) is 3.74. The van der Waals surface area contributed by atoms with E-state index < -0.39 is 0 Å². The van der Waals surface area contributed by atoms with E-state index in [9.17, 15) is 0 Å². The van der Waals surface area contributed by atoms with E-state index >= 15 is 0 Å². The second-order valence-corrected chi connectivity index (χ2v) is 2.27. The maximum Gasteiger partial charge on any atom is 0.133 e. The molecule has 0 unspecified atom stereocenters. The molecule has 0 saturated carbocycles. The molecule has 0 bridgehead atoms. The summed E-state index contributed by atoms with van der Waals surface area (Å²) in [6.45, 7) is 4.07. The Morgan fingerprint density at radius 3 is 3.00 bits per heavy atom. The minimum absolute atomic E-state index is 0.350. The maximum absolute atomic E-state index is 4.01. The second kappa shape index (κ2) is 3.08. The summed E-state index contributed by atoms with van der Waals surface area (Å²) in [5.41, 5.74) is 0. The van der Waals surface area contributed by atoms with E-state index in [-0.39, 0.29) is 0 Å². The van der Waals surface area contributed by atoms with Crippen LogP contribution < -0.4 is 0 Å². The van der Waals surface area contributed by atoms with Crippen LogP contribution >= 0.6 is 0 Å². The summed E-state index contributed by atoms with van der Waals surface area (Å²) < 4.78 is 0. The van der Waals surface area contributed by atoms with Crippen molar-refractivity contribution in [3.8, 4) is 0 Å². The molecular formula is C7H9N3. The van der Waals surface area contributed by atoms with Gasteiger partial charge in [-0.3, -0.25) is 0 Å². The highest BCUT2D eigenvalue weighted by Crippen LogP contribution is 1.99. The largest absolute Gasteiger partial charge is 0.231 e. The molecule has 0 aromatic heterocycles. The molecule has 52 valence electrons. The van der Waals surface area contributed by atoms with Gasteiger partial charge in [0, 0.05) is 11.8 Å². The molecular weight excluding hydrogens is 126 g/mol. The molecule has 1 heterocycles. The molecule has 1 rings (SSSR count). The van der Waals surface area contributed by atoms with Gasteiger partial charge in [-0.25, -0.2) is 9.98 Å². The zero-order valence-electron chi connectivity index (χ0n) is 6.07. The Hall–Kier alpha value is -1.21. The van der Waals surface area contributed by atoms with Crippen molar-refractivity contribution in [2.45, 2.75) is 13.8 Å². The zero-order valence-corrected chi connectivity index (χ0v) is 6.07. The third-order valence-corrected chi connectivity index (χ3v) is 1.09. The molecule has 3 nitrogen and oxygen atoms in total. The molecule has 0 atom stereocenters. The van der Waals surface area contributed by atoms with Gasteiger partial charge in [-0.15, -0.1) is 0 Å². The fourth-order valence-electron chi connectivity index (χ4n) is 0.581. The van der Waals surface area contributed by atoms with Crippen molar-refractivity contribution in [2.75, 3.05) is 0 Å². The van der Waals surface area contributed by atoms with Crippen molar-refractivity contribution in [2.24, 2.45) is 20.9 Å². The van der Waals surface area contributed by atoms with E-state index in [1.807, 2.05) is 13.8 Å². The van der Waals surface area contributed by atoms with E-state index in [0.29, 0.717) is 5.92 Å². The molecule has 0 fully saturated rings. The SMILES string of the molecule is CC(C)C1=NC=C=NC=N1. The Bertz CT molecular complexity index is 229. The number of aliphatic imine (C=N–C) groups is 3. The predicted octanol–water partition coefficient (Wildman–Crippen LogP) is 1.27. The predicted molar refractivity (Wildman–Crippen MR) is 42.8 cm³/mol. The van der Waals surface area contributed by atoms with E-state index in [1.54, 1.807) is 0 Å². The topological polar surface area (TPSA) is 37.1 Å². The quantitative estimate of drug-likeness (QED) is 0.519. The number of nitrogens with zero attached hydrogens (tertiary/aromatic N) is 3. The molecule has 0 aromatic carbocycles. The van der Waals surface area contributed by atoms with Gasteiger partial charge in [-0.1, -0.05) is 13.8 Å². The number of rotatable bonds is 1. The summed E-state index contributed by atoms with van der Waals surface area (Å²) >= 11 is 0. The minimum atomic E-state index is 0.350. The zero-order chi connectivity index (χ0) is 7.40. The molecule has 0 aromatic rings. The van der Waals surface area contributed by atoms with Crippen LogP contribution in [0.5, 0.6) is 0 Å². The number of hydrogen-bond acceptors (Lipinski definition) is 3. The highest BCUT2D eigenvalue weighted by atomic mass is 15.0. The van der Waals surface area contributed by atoms with Gasteiger partial charge < -0.3 is 0 Å². The Morgan fingerprint density at radius 2 is 2.30 bits per heavy atom. The molecule has 1 aliphatic rings. The van der Waals surface area contributed by atoms with Crippen LogP contribution in [0.15, 0.2) is 21.2 Å². The van der Waals surface area contributed by atoms with Crippen LogP contribution in [0.3, 0.4) is 0 Å². The lowest BCUT2D eigenvalue weighted by Gasteiger charge is -1.99. The average Bonchev–Trinajstić information content (AvgIpc) is 2.12. The smallest absolute Gasteiger partial charge is 0.133 e. The van der Waals surface area contributed by atoms with Crippen LogP contribution in [0.1, 0.15) is 13.8 Å². The first-order chi connectivity index (χ1) is 4.80. The van der Waals surface area contributed by atoms with Gasteiger partial charge in [0.25, 0.3) is 0 Å². The standard InChI is InChI=1S/C7H9N3/c1-6(2)7-9-4-3-8-5-10-7/h4-6H,1-2H3. The lowest BCUT2D eigenvalue weighted by Crippen LogP contribution is -2.02. The van der Waals surface area contributed by atoms with Crippen LogP contribution in [-0.2, 0) is 0 Å². The first kappa shape index (κ1) is 6.90. The van der Waals surface area contributed by atoms with Gasteiger partial charge in [0.05, 0.1) is 6.20 Å². The summed E-state index contributed by atoms with van der Waals surface area (Å²) in [5, 5.41) is 0. The van der Waals surface area contributed by atoms with Crippen molar-refractivity contribution in [3.05, 3.63) is 6.20 Å². The fourth-order valence-corrected chi connectivity index (χ4v) is 0.581. The second-order valence-electron chi connectivity index (χ2n) is 2.27. The van der Waals surface area contributed by atoms with E-state index in [2.05, 4.69) is 20.8 Å². The molecule has 1 aliphatic heterocycles. The Labute approximate surface area is 59.9 Å². The van der Waals surface area contributed by atoms with E-state index in [1.165, 1.54) is 12.5 Å². The first-order valence-corrected chi connectivity index (χ1v) is 3.18. The Balaban J connectivity index is 2.81. The first-order valence-electron chi connectivity index (χ1n) is 3.18. The van der Waals surface area contributed by atoms with Gasteiger partial charge in [-0.05, 0) is 0 Å². The van der Waals surface area contributed by atoms with Crippen molar-refractivity contribution in [3.63, 3.8) is 0 Å². The van der Waals surface area contributed by atoms with E-state index in [0.717, 1.165) is 5.84 Å². The van der Waals surface area contributed by atoms with Crippen LogP contribution in [-0.4, -0.2) is 18.0 Å². The van der Waals surface area contributed by atoms with E-state index in [4.69, 9.17) is 0 Å². The summed E-state index contributed by atoms with van der Waals surface area (Å²) in [4.78, 5) is 11.7. The third kappa shape index (κ3) is 1.64. The molecule has 3 heteroatoms. The lowest BCUT2D eigenvalue weighted by molar-refractivity contribution is 0.874. The molecule has 10 heavy (non-hydrogen) atoms. The van der Waals surface area contributed by atoms with Gasteiger partial charge in [-0.2, -0.15) is 4.99 Å². The normalized spacial score (nSPS) is 15.7. The molecule has 0 aliphatic carbocycles. The van der Waals surface area contributed by atoms with Crippen LogP contribution in [0.4, 0.5) is 0 Å². The van der Waals surface area contributed by atoms with Crippen molar-refractivity contribution >= 4 is 18.0 Å². The lowest BCUT2D eigenvalue weighted by atomic mass is 10.2. The van der Waals surface area contributed by atoms with Crippen LogP contribution in [0.2, 0.25) is 0 Å². The van der Waals surface area contributed by atoms with Gasteiger partial charge >= 0.3 is 0 Å². The molecule has 0 saturated heterocycles. The third-order valence-electron chi connectivity index (χ3n) is 1.09. The van der Waals surface area contributed by atoms with Crippen LogP contribution in [0.25, 0.3) is 0 Å². The summed E-state index contributed by atoms with van der Waals surface area (Å²) in [6, 6.07) is 0. The minimum Gasteiger partial charge on any atom is -0.231 e. The van der Waals surface area contributed by atoms with Crippen molar-refractivity contribution in [1.82, 2.24) is 0 Å². The summed E-state index contributed by atoms with van der Waals surface area (Å²) in [6.07, 6.45) is 2.99.